The molecule has 0 saturated carbocycles. The van der Waals surface area contributed by atoms with E-state index in [4.69, 9.17) is 4.42 Å². The van der Waals surface area contributed by atoms with E-state index in [9.17, 15) is 9.59 Å². The summed E-state index contributed by atoms with van der Waals surface area (Å²) in [5.74, 6) is 1.09. The predicted octanol–water partition coefficient (Wildman–Crippen LogP) is 3.81. The van der Waals surface area contributed by atoms with Crippen molar-refractivity contribution in [3.63, 3.8) is 0 Å². The van der Waals surface area contributed by atoms with Gasteiger partial charge in [0.2, 0.25) is 0 Å². The number of amides is 1. The molecule has 0 bridgehead atoms. The molecule has 5 heteroatoms. The first kappa shape index (κ1) is 16.2. The maximum atomic E-state index is 13.3. The summed E-state index contributed by atoms with van der Waals surface area (Å²) in [7, 11) is 2.02. The average Bonchev–Trinajstić information content (AvgIpc) is 3.18. The fraction of sp³-hybridized carbons (Fsp3) is 0.500. The number of rotatable bonds is 2. The van der Waals surface area contributed by atoms with Crippen molar-refractivity contribution in [2.45, 2.75) is 51.5 Å². The van der Waals surface area contributed by atoms with Crippen molar-refractivity contribution in [3.8, 4) is 0 Å². The zero-order valence-electron chi connectivity index (χ0n) is 14.9. The van der Waals surface area contributed by atoms with E-state index in [1.807, 2.05) is 31.1 Å². The molecule has 132 valence electrons. The van der Waals surface area contributed by atoms with E-state index in [1.165, 1.54) is 0 Å². The second kappa shape index (κ2) is 6.21. The number of aryl methyl sites for hydroxylation is 2. The summed E-state index contributed by atoms with van der Waals surface area (Å²) < 4.78 is 7.98. The van der Waals surface area contributed by atoms with Crippen LogP contribution in [0.15, 0.2) is 22.7 Å². The summed E-state index contributed by atoms with van der Waals surface area (Å²) in [6.07, 6.45) is 7.20. The van der Waals surface area contributed by atoms with Gasteiger partial charge in [-0.1, -0.05) is 0 Å². The average molecular weight is 340 g/mol. The van der Waals surface area contributed by atoms with E-state index in [0.29, 0.717) is 23.5 Å². The van der Waals surface area contributed by atoms with E-state index in [-0.39, 0.29) is 17.7 Å². The summed E-state index contributed by atoms with van der Waals surface area (Å²) >= 11 is 0. The first-order valence-corrected chi connectivity index (χ1v) is 9.15. The van der Waals surface area contributed by atoms with E-state index >= 15 is 0 Å². The number of furan rings is 1. The van der Waals surface area contributed by atoms with Gasteiger partial charge in [0, 0.05) is 43.9 Å². The predicted molar refractivity (Wildman–Crippen MR) is 93.8 cm³/mol. The van der Waals surface area contributed by atoms with Crippen LogP contribution < -0.4 is 0 Å². The van der Waals surface area contributed by atoms with E-state index in [0.717, 1.165) is 49.9 Å². The molecule has 2 aromatic rings. The van der Waals surface area contributed by atoms with Gasteiger partial charge in [0.1, 0.15) is 5.76 Å². The molecule has 1 atom stereocenters. The third-order valence-corrected chi connectivity index (χ3v) is 5.59. The number of nitrogens with zero attached hydrogens (tertiary/aromatic N) is 2. The van der Waals surface area contributed by atoms with E-state index in [2.05, 4.69) is 10.6 Å². The van der Waals surface area contributed by atoms with Gasteiger partial charge in [0.25, 0.3) is 5.91 Å². The second-order valence-corrected chi connectivity index (χ2v) is 7.19. The van der Waals surface area contributed by atoms with Gasteiger partial charge in [0.15, 0.2) is 11.5 Å². The molecular weight excluding hydrogens is 316 g/mol. The van der Waals surface area contributed by atoms with Gasteiger partial charge in [-0.05, 0) is 44.7 Å². The number of Topliss-reactive ketones (excluding diaryl/α,β-unsaturated/α-hetero) is 1. The Bertz CT molecular complexity index is 830. The quantitative estimate of drug-likeness (QED) is 0.835. The number of aromatic nitrogens is 1. The number of carbonyl (C=O) groups excluding carboxylic acids is 2. The molecule has 1 aliphatic heterocycles. The number of hydrogen-bond donors (Lipinski definition) is 0. The Labute approximate surface area is 147 Å². The van der Waals surface area contributed by atoms with E-state index in [1.54, 1.807) is 0 Å². The molecule has 0 spiro atoms. The summed E-state index contributed by atoms with van der Waals surface area (Å²) in [6.45, 7) is 2.58. The standard InChI is InChI=1S/C20H24N2O3/c1-13-18-16(23)9-5-10-17(18)25-19(13)20(24)22-12-4-3-7-15(22)14-8-6-11-21(14)2/h6,8,11,15H,3-5,7,9-10,12H2,1-2H3/t15-/m0/s1. The van der Waals surface area contributed by atoms with Crippen molar-refractivity contribution in [2.24, 2.45) is 7.05 Å². The largest absolute Gasteiger partial charge is 0.455 e. The van der Waals surface area contributed by atoms with Crippen LogP contribution in [0.2, 0.25) is 0 Å². The number of likely N-dealkylation sites (tertiary alicyclic amines) is 1. The first-order chi connectivity index (χ1) is 12.1. The van der Waals surface area contributed by atoms with Crippen LogP contribution in [-0.2, 0) is 13.5 Å². The smallest absolute Gasteiger partial charge is 0.290 e. The molecule has 0 unspecified atom stereocenters. The molecular formula is C20H24N2O3. The molecule has 1 amide bonds. The summed E-state index contributed by atoms with van der Waals surface area (Å²) in [4.78, 5) is 27.4. The van der Waals surface area contributed by atoms with Gasteiger partial charge in [-0.15, -0.1) is 0 Å². The number of ketones is 1. The van der Waals surface area contributed by atoms with Crippen molar-refractivity contribution in [3.05, 3.63) is 46.7 Å². The van der Waals surface area contributed by atoms with Gasteiger partial charge >= 0.3 is 0 Å². The minimum absolute atomic E-state index is 0.0680. The fourth-order valence-electron chi connectivity index (χ4n) is 4.29. The number of piperidine rings is 1. The van der Waals surface area contributed by atoms with Crippen LogP contribution in [0.1, 0.15) is 76.1 Å². The summed E-state index contributed by atoms with van der Waals surface area (Å²) in [6, 6.07) is 4.17. The molecule has 2 aliphatic rings. The lowest BCUT2D eigenvalue weighted by Gasteiger charge is -2.35. The van der Waals surface area contributed by atoms with Gasteiger partial charge in [-0.3, -0.25) is 9.59 Å². The third-order valence-electron chi connectivity index (χ3n) is 5.59. The monoisotopic (exact) mass is 340 g/mol. The Balaban J connectivity index is 1.70. The number of hydrogen-bond acceptors (Lipinski definition) is 3. The minimum Gasteiger partial charge on any atom is -0.455 e. The van der Waals surface area contributed by atoms with Crippen molar-refractivity contribution in [1.82, 2.24) is 9.47 Å². The van der Waals surface area contributed by atoms with Crippen molar-refractivity contribution in [2.75, 3.05) is 6.54 Å². The van der Waals surface area contributed by atoms with Crippen molar-refractivity contribution < 1.29 is 14.0 Å². The molecule has 0 N–H and O–H groups in total. The normalized spacial score (nSPS) is 20.6. The van der Waals surface area contributed by atoms with Crippen LogP contribution >= 0.6 is 0 Å². The van der Waals surface area contributed by atoms with E-state index < -0.39 is 0 Å². The van der Waals surface area contributed by atoms with Gasteiger partial charge < -0.3 is 13.9 Å². The Morgan fingerprint density at radius 2 is 2.08 bits per heavy atom. The number of carbonyl (C=O) groups is 2. The molecule has 5 nitrogen and oxygen atoms in total. The molecule has 1 saturated heterocycles. The summed E-state index contributed by atoms with van der Waals surface area (Å²) in [5.41, 5.74) is 2.53. The van der Waals surface area contributed by atoms with Crippen LogP contribution in [0.4, 0.5) is 0 Å². The molecule has 0 aromatic carbocycles. The molecule has 2 aromatic heterocycles. The highest BCUT2D eigenvalue weighted by atomic mass is 16.4. The highest BCUT2D eigenvalue weighted by Gasteiger charge is 2.35. The highest BCUT2D eigenvalue weighted by molar-refractivity contribution is 6.03. The Morgan fingerprint density at radius 1 is 1.24 bits per heavy atom. The Morgan fingerprint density at radius 3 is 2.80 bits per heavy atom. The zero-order valence-corrected chi connectivity index (χ0v) is 14.9. The number of fused-ring (bicyclic) bond motifs is 1. The fourth-order valence-corrected chi connectivity index (χ4v) is 4.29. The molecule has 3 heterocycles. The minimum atomic E-state index is -0.0781. The highest BCUT2D eigenvalue weighted by Crippen LogP contribution is 2.35. The Hall–Kier alpha value is -2.30. The van der Waals surface area contributed by atoms with Crippen LogP contribution in [-0.4, -0.2) is 27.7 Å². The zero-order chi connectivity index (χ0) is 17.6. The second-order valence-electron chi connectivity index (χ2n) is 7.19. The SMILES string of the molecule is Cc1c(C(=O)N2CCCC[C@H]2c2cccn2C)oc2c1C(=O)CCC2. The van der Waals surface area contributed by atoms with Gasteiger partial charge in [0.05, 0.1) is 11.6 Å². The van der Waals surface area contributed by atoms with Crippen LogP contribution in [0.3, 0.4) is 0 Å². The molecule has 1 aliphatic carbocycles. The Kier molecular flexibility index (Phi) is 4.02. The van der Waals surface area contributed by atoms with Crippen molar-refractivity contribution >= 4 is 11.7 Å². The van der Waals surface area contributed by atoms with Gasteiger partial charge in [-0.25, -0.2) is 0 Å². The maximum Gasteiger partial charge on any atom is 0.290 e. The van der Waals surface area contributed by atoms with Crippen LogP contribution in [0, 0.1) is 6.92 Å². The molecule has 4 rings (SSSR count). The molecule has 1 fully saturated rings. The third kappa shape index (κ3) is 2.62. The maximum absolute atomic E-state index is 13.3. The lowest BCUT2D eigenvalue weighted by molar-refractivity contribution is 0.0566. The first-order valence-electron chi connectivity index (χ1n) is 9.15. The lowest BCUT2D eigenvalue weighted by atomic mass is 9.93. The van der Waals surface area contributed by atoms with Crippen LogP contribution in [0.5, 0.6) is 0 Å². The van der Waals surface area contributed by atoms with Gasteiger partial charge in [-0.2, -0.15) is 0 Å². The molecule has 25 heavy (non-hydrogen) atoms. The molecule has 0 radical (unpaired) electrons. The lowest BCUT2D eigenvalue weighted by Crippen LogP contribution is -2.39. The summed E-state index contributed by atoms with van der Waals surface area (Å²) in [5, 5.41) is 0. The van der Waals surface area contributed by atoms with Crippen LogP contribution in [0.25, 0.3) is 0 Å². The topological polar surface area (TPSA) is 55.5 Å². The van der Waals surface area contributed by atoms with Crippen molar-refractivity contribution in [1.29, 1.82) is 0 Å².